The largest absolute Gasteiger partial charge is 0.481 e. The molecule has 1 aromatic rings. The number of halogens is 2. The first kappa shape index (κ1) is 15.9. The quantitative estimate of drug-likeness (QED) is 0.906. The van der Waals surface area contributed by atoms with Crippen LogP contribution in [-0.2, 0) is 16.1 Å². The molecule has 2 aliphatic carbocycles. The zero-order valence-electron chi connectivity index (χ0n) is 12.7. The highest BCUT2D eigenvalue weighted by atomic mass is 19.1. The maximum Gasteiger partial charge on any atom is 0.307 e. The number of amides is 1. The van der Waals surface area contributed by atoms with Crippen LogP contribution in [0, 0.1) is 23.5 Å². The van der Waals surface area contributed by atoms with Gasteiger partial charge in [-0.05, 0) is 37.5 Å². The molecule has 2 unspecified atom stereocenters. The van der Waals surface area contributed by atoms with E-state index in [9.17, 15) is 18.4 Å². The minimum Gasteiger partial charge on any atom is -0.481 e. The van der Waals surface area contributed by atoms with Crippen LogP contribution in [0.1, 0.15) is 37.7 Å². The molecule has 0 saturated heterocycles. The summed E-state index contributed by atoms with van der Waals surface area (Å²) in [4.78, 5) is 25.2. The number of hydrogen-bond acceptors (Lipinski definition) is 2. The molecule has 2 fully saturated rings. The van der Waals surface area contributed by atoms with E-state index in [4.69, 9.17) is 5.11 Å². The zero-order valence-corrected chi connectivity index (χ0v) is 12.7. The number of rotatable bonds is 5. The van der Waals surface area contributed by atoms with Crippen molar-refractivity contribution in [1.82, 2.24) is 4.90 Å². The molecule has 0 radical (unpaired) electrons. The summed E-state index contributed by atoms with van der Waals surface area (Å²) in [5.41, 5.74) is 0.137. The van der Waals surface area contributed by atoms with Crippen molar-refractivity contribution in [3.05, 3.63) is 35.4 Å². The van der Waals surface area contributed by atoms with E-state index in [2.05, 4.69) is 0 Å². The van der Waals surface area contributed by atoms with E-state index < -0.39 is 29.4 Å². The number of benzene rings is 1. The number of aliphatic carboxylic acids is 1. The number of carboxylic acids is 1. The lowest BCUT2D eigenvalue weighted by atomic mass is 10.1. The van der Waals surface area contributed by atoms with Gasteiger partial charge in [0, 0.05) is 18.2 Å². The van der Waals surface area contributed by atoms with Crippen LogP contribution in [0.3, 0.4) is 0 Å². The van der Waals surface area contributed by atoms with Crippen molar-refractivity contribution in [2.45, 2.75) is 44.7 Å². The number of hydrogen-bond donors (Lipinski definition) is 1. The van der Waals surface area contributed by atoms with Gasteiger partial charge < -0.3 is 10.0 Å². The fourth-order valence-corrected chi connectivity index (χ4v) is 3.40. The van der Waals surface area contributed by atoms with Gasteiger partial charge >= 0.3 is 5.97 Å². The number of carbonyl (C=O) groups is 2. The first-order valence-electron chi connectivity index (χ1n) is 7.94. The highest BCUT2D eigenvalue weighted by Gasteiger charge is 2.50. The van der Waals surface area contributed by atoms with Crippen LogP contribution >= 0.6 is 0 Å². The van der Waals surface area contributed by atoms with E-state index in [-0.39, 0.29) is 24.1 Å². The number of nitrogens with zero attached hydrogens (tertiary/aromatic N) is 1. The molecule has 0 aliphatic heterocycles. The summed E-state index contributed by atoms with van der Waals surface area (Å²) in [6, 6.07) is 3.19. The third-order valence-corrected chi connectivity index (χ3v) is 4.82. The fraction of sp³-hybridized carbons (Fsp3) is 0.529. The Kier molecular flexibility index (Phi) is 4.33. The van der Waals surface area contributed by atoms with Gasteiger partial charge in [0.15, 0.2) is 0 Å². The summed E-state index contributed by atoms with van der Waals surface area (Å²) >= 11 is 0. The first-order valence-corrected chi connectivity index (χ1v) is 7.94. The average molecular weight is 323 g/mol. The monoisotopic (exact) mass is 323 g/mol. The SMILES string of the molecule is O=C(O)C1CC1C(=O)N(Cc1cc(F)ccc1F)C1CCCC1. The van der Waals surface area contributed by atoms with Gasteiger partial charge in [0.2, 0.25) is 5.91 Å². The van der Waals surface area contributed by atoms with E-state index in [0.29, 0.717) is 6.42 Å². The standard InChI is InChI=1S/C17H19F2NO3/c18-11-5-6-15(19)10(7-11)9-20(12-3-1-2-4-12)16(21)13-8-14(13)17(22)23/h5-7,12-14H,1-4,8-9H2,(H,22,23). The van der Waals surface area contributed by atoms with Gasteiger partial charge in [-0.2, -0.15) is 0 Å². The third kappa shape index (κ3) is 3.35. The fourth-order valence-electron chi connectivity index (χ4n) is 3.40. The van der Waals surface area contributed by atoms with Gasteiger partial charge in [0.1, 0.15) is 11.6 Å². The first-order chi connectivity index (χ1) is 11.0. The Bertz CT molecular complexity index is 628. The molecule has 4 nitrogen and oxygen atoms in total. The predicted octanol–water partition coefficient (Wildman–Crippen LogP) is 2.96. The second-order valence-corrected chi connectivity index (χ2v) is 6.43. The predicted molar refractivity (Wildman–Crippen MR) is 78.4 cm³/mol. The molecule has 1 aromatic carbocycles. The van der Waals surface area contributed by atoms with Crippen molar-refractivity contribution in [2.24, 2.45) is 11.8 Å². The summed E-state index contributed by atoms with van der Waals surface area (Å²) in [5, 5.41) is 9.01. The molecule has 124 valence electrons. The van der Waals surface area contributed by atoms with Gasteiger partial charge in [0.25, 0.3) is 0 Å². The third-order valence-electron chi connectivity index (χ3n) is 4.82. The highest BCUT2D eigenvalue weighted by molar-refractivity contribution is 5.89. The molecule has 1 N–H and O–H groups in total. The molecule has 0 heterocycles. The van der Waals surface area contributed by atoms with Crippen molar-refractivity contribution >= 4 is 11.9 Å². The Morgan fingerprint density at radius 3 is 2.48 bits per heavy atom. The van der Waals surface area contributed by atoms with Crippen LogP contribution in [0.15, 0.2) is 18.2 Å². The van der Waals surface area contributed by atoms with Gasteiger partial charge in [-0.3, -0.25) is 9.59 Å². The Morgan fingerprint density at radius 1 is 1.17 bits per heavy atom. The molecular weight excluding hydrogens is 304 g/mol. The molecule has 2 atom stereocenters. The molecule has 6 heteroatoms. The number of carboxylic acid groups (broad SMARTS) is 1. The molecule has 2 saturated carbocycles. The lowest BCUT2D eigenvalue weighted by Gasteiger charge is -2.29. The van der Waals surface area contributed by atoms with Gasteiger partial charge in [-0.1, -0.05) is 12.8 Å². The molecule has 3 rings (SSSR count). The van der Waals surface area contributed by atoms with E-state index in [0.717, 1.165) is 43.9 Å². The maximum atomic E-state index is 13.9. The van der Waals surface area contributed by atoms with Crippen molar-refractivity contribution < 1.29 is 23.5 Å². The molecule has 1 amide bonds. The minimum atomic E-state index is -0.966. The van der Waals surface area contributed by atoms with Gasteiger partial charge in [-0.25, -0.2) is 8.78 Å². The molecule has 0 aromatic heterocycles. The second-order valence-electron chi connectivity index (χ2n) is 6.43. The van der Waals surface area contributed by atoms with Crippen molar-refractivity contribution in [3.8, 4) is 0 Å². The van der Waals surface area contributed by atoms with Crippen LogP contribution < -0.4 is 0 Å². The summed E-state index contributed by atoms with van der Waals surface area (Å²) in [5.74, 6) is -3.46. The van der Waals surface area contributed by atoms with Gasteiger partial charge in [-0.15, -0.1) is 0 Å². The summed E-state index contributed by atoms with van der Waals surface area (Å²) in [6.07, 6.45) is 3.98. The Hall–Kier alpha value is -1.98. The van der Waals surface area contributed by atoms with E-state index >= 15 is 0 Å². The Balaban J connectivity index is 1.80. The van der Waals surface area contributed by atoms with E-state index in [1.807, 2.05) is 0 Å². The van der Waals surface area contributed by atoms with Crippen LogP contribution in [0.5, 0.6) is 0 Å². The van der Waals surface area contributed by atoms with Crippen LogP contribution in [0.25, 0.3) is 0 Å². The minimum absolute atomic E-state index is 0.00404. The van der Waals surface area contributed by atoms with Crippen LogP contribution in [-0.4, -0.2) is 27.9 Å². The van der Waals surface area contributed by atoms with Crippen LogP contribution in [0.2, 0.25) is 0 Å². The molecule has 23 heavy (non-hydrogen) atoms. The second kappa shape index (κ2) is 6.26. The average Bonchev–Trinajstić information content (AvgIpc) is 3.15. The smallest absolute Gasteiger partial charge is 0.307 e. The van der Waals surface area contributed by atoms with Crippen molar-refractivity contribution in [1.29, 1.82) is 0 Å². The Labute approximate surface area is 133 Å². The highest BCUT2D eigenvalue weighted by Crippen LogP contribution is 2.41. The van der Waals surface area contributed by atoms with E-state index in [1.54, 1.807) is 4.90 Å². The molecular formula is C17H19F2NO3. The summed E-state index contributed by atoms with van der Waals surface area (Å²) in [7, 11) is 0. The molecule has 0 bridgehead atoms. The lowest BCUT2D eigenvalue weighted by Crippen LogP contribution is -2.40. The van der Waals surface area contributed by atoms with Crippen molar-refractivity contribution in [2.75, 3.05) is 0 Å². The Morgan fingerprint density at radius 2 is 1.87 bits per heavy atom. The molecule has 2 aliphatic rings. The molecule has 0 spiro atoms. The number of carbonyl (C=O) groups excluding carboxylic acids is 1. The summed E-state index contributed by atoms with van der Waals surface area (Å²) in [6.45, 7) is -0.00404. The van der Waals surface area contributed by atoms with Gasteiger partial charge in [0.05, 0.1) is 11.8 Å². The van der Waals surface area contributed by atoms with Crippen LogP contribution in [0.4, 0.5) is 8.78 Å². The zero-order chi connectivity index (χ0) is 16.6. The summed E-state index contributed by atoms with van der Waals surface area (Å²) < 4.78 is 27.3. The lowest BCUT2D eigenvalue weighted by molar-refractivity contribution is -0.143. The topological polar surface area (TPSA) is 57.6 Å². The normalized spacial score (nSPS) is 23.7. The van der Waals surface area contributed by atoms with Crippen molar-refractivity contribution in [3.63, 3.8) is 0 Å². The van der Waals surface area contributed by atoms with E-state index in [1.165, 1.54) is 0 Å². The maximum absolute atomic E-state index is 13.9.